The fourth-order valence-electron chi connectivity index (χ4n) is 3.24. The second-order valence-corrected chi connectivity index (χ2v) is 6.56. The van der Waals surface area contributed by atoms with Gasteiger partial charge in [0.2, 0.25) is 0 Å². The zero-order chi connectivity index (χ0) is 17.6. The largest absolute Gasteiger partial charge is 0.387 e. The van der Waals surface area contributed by atoms with E-state index in [1.54, 1.807) is 0 Å². The molecule has 1 N–H and O–H groups in total. The molecule has 1 unspecified atom stereocenters. The molecule has 1 aliphatic rings. The van der Waals surface area contributed by atoms with Crippen LogP contribution >= 0.6 is 0 Å². The van der Waals surface area contributed by atoms with Crippen molar-refractivity contribution in [3.63, 3.8) is 0 Å². The summed E-state index contributed by atoms with van der Waals surface area (Å²) in [5, 5.41) is 10.2. The molecule has 3 rings (SSSR count). The lowest BCUT2D eigenvalue weighted by atomic mass is 10.1. The topological polar surface area (TPSA) is 26.7 Å². The highest BCUT2D eigenvalue weighted by molar-refractivity contribution is 5.21. The summed E-state index contributed by atoms with van der Waals surface area (Å²) in [7, 11) is 0. The van der Waals surface area contributed by atoms with Crippen LogP contribution in [0.25, 0.3) is 0 Å². The minimum absolute atomic E-state index is 0.160. The van der Waals surface area contributed by atoms with Gasteiger partial charge in [-0.2, -0.15) is 0 Å². The third-order valence-electron chi connectivity index (χ3n) is 4.78. The van der Waals surface area contributed by atoms with Crippen molar-refractivity contribution >= 4 is 0 Å². The van der Waals surface area contributed by atoms with Crippen LogP contribution in [0.2, 0.25) is 0 Å². The highest BCUT2D eigenvalue weighted by Crippen LogP contribution is 2.19. The molecule has 1 aliphatic heterocycles. The second-order valence-electron chi connectivity index (χ2n) is 6.56. The monoisotopic (exact) mass is 346 g/mol. The minimum atomic E-state index is -0.934. The predicted octanol–water partition coefficient (Wildman–Crippen LogP) is 2.86. The summed E-state index contributed by atoms with van der Waals surface area (Å²) in [6.45, 7) is 4.95. The molecular formula is C20H24F2N2O. The average molecular weight is 346 g/mol. The molecule has 1 heterocycles. The van der Waals surface area contributed by atoms with Crippen LogP contribution in [0.5, 0.6) is 0 Å². The van der Waals surface area contributed by atoms with Gasteiger partial charge in [0.1, 0.15) is 11.6 Å². The van der Waals surface area contributed by atoms with E-state index in [9.17, 15) is 13.9 Å². The number of rotatable bonds is 6. The summed E-state index contributed by atoms with van der Waals surface area (Å²) in [5.74, 6) is -1.31. The van der Waals surface area contributed by atoms with Crippen LogP contribution in [0.15, 0.2) is 48.5 Å². The maximum Gasteiger partial charge on any atom is 0.131 e. The van der Waals surface area contributed by atoms with Crippen molar-refractivity contribution < 1.29 is 13.9 Å². The van der Waals surface area contributed by atoms with Crippen molar-refractivity contribution in [1.82, 2.24) is 9.80 Å². The van der Waals surface area contributed by atoms with Crippen molar-refractivity contribution in [3.05, 3.63) is 71.3 Å². The van der Waals surface area contributed by atoms with Crippen LogP contribution in [-0.4, -0.2) is 54.2 Å². The van der Waals surface area contributed by atoms with Crippen LogP contribution in [0.3, 0.4) is 0 Å². The van der Waals surface area contributed by atoms with Gasteiger partial charge in [-0.1, -0.05) is 36.4 Å². The number of aliphatic hydroxyl groups is 1. The molecule has 134 valence electrons. The maximum atomic E-state index is 13.8. The molecule has 0 spiro atoms. The molecule has 1 fully saturated rings. The lowest BCUT2D eigenvalue weighted by molar-refractivity contribution is 0.0712. The van der Waals surface area contributed by atoms with Gasteiger partial charge in [0.05, 0.1) is 6.10 Å². The van der Waals surface area contributed by atoms with E-state index >= 15 is 0 Å². The van der Waals surface area contributed by atoms with Crippen LogP contribution in [0.1, 0.15) is 17.2 Å². The van der Waals surface area contributed by atoms with Gasteiger partial charge in [-0.05, 0) is 18.1 Å². The van der Waals surface area contributed by atoms with Crippen LogP contribution in [-0.2, 0) is 6.42 Å². The van der Waals surface area contributed by atoms with Crippen molar-refractivity contribution in [1.29, 1.82) is 0 Å². The summed E-state index contributed by atoms with van der Waals surface area (Å²) in [5.41, 5.74) is 1.50. The number of nitrogens with zero attached hydrogens (tertiary/aromatic N) is 2. The number of piperazine rings is 1. The Morgan fingerprint density at radius 3 is 2.28 bits per heavy atom. The van der Waals surface area contributed by atoms with E-state index in [0.29, 0.717) is 6.54 Å². The first-order valence-corrected chi connectivity index (χ1v) is 8.73. The van der Waals surface area contributed by atoms with Gasteiger partial charge >= 0.3 is 0 Å². The Morgan fingerprint density at radius 2 is 1.60 bits per heavy atom. The number of halogens is 2. The van der Waals surface area contributed by atoms with Crippen molar-refractivity contribution in [2.75, 3.05) is 39.3 Å². The Kier molecular flexibility index (Phi) is 6.13. The van der Waals surface area contributed by atoms with E-state index in [2.05, 4.69) is 34.1 Å². The Labute approximate surface area is 147 Å². The Hall–Kier alpha value is -1.82. The fourth-order valence-corrected chi connectivity index (χ4v) is 3.24. The number of β-amino-alcohol motifs (C(OH)–C–C–N with tert-alkyl or cyclic N) is 1. The van der Waals surface area contributed by atoms with Crippen molar-refractivity contribution in [3.8, 4) is 0 Å². The zero-order valence-electron chi connectivity index (χ0n) is 14.2. The number of hydrogen-bond donors (Lipinski definition) is 1. The first kappa shape index (κ1) is 18.0. The zero-order valence-corrected chi connectivity index (χ0v) is 14.2. The van der Waals surface area contributed by atoms with Crippen molar-refractivity contribution in [2.45, 2.75) is 12.5 Å². The molecule has 0 aliphatic carbocycles. The van der Waals surface area contributed by atoms with Gasteiger partial charge in [-0.15, -0.1) is 0 Å². The third kappa shape index (κ3) is 5.08. The molecule has 0 saturated carbocycles. The van der Waals surface area contributed by atoms with Gasteiger partial charge < -0.3 is 10.0 Å². The molecule has 1 saturated heterocycles. The number of benzene rings is 2. The molecule has 0 amide bonds. The smallest absolute Gasteiger partial charge is 0.131 e. The van der Waals surface area contributed by atoms with Crippen LogP contribution < -0.4 is 0 Å². The van der Waals surface area contributed by atoms with E-state index < -0.39 is 17.7 Å². The van der Waals surface area contributed by atoms with Crippen molar-refractivity contribution in [2.24, 2.45) is 0 Å². The Morgan fingerprint density at radius 1 is 0.920 bits per heavy atom. The third-order valence-corrected chi connectivity index (χ3v) is 4.78. The minimum Gasteiger partial charge on any atom is -0.387 e. The van der Waals surface area contributed by atoms with E-state index in [-0.39, 0.29) is 5.56 Å². The molecule has 0 bridgehead atoms. The summed E-state index contributed by atoms with van der Waals surface area (Å²) in [4.78, 5) is 4.54. The average Bonchev–Trinajstić information content (AvgIpc) is 2.62. The highest BCUT2D eigenvalue weighted by atomic mass is 19.1. The predicted molar refractivity (Wildman–Crippen MR) is 94.3 cm³/mol. The number of hydrogen-bond acceptors (Lipinski definition) is 3. The van der Waals surface area contributed by atoms with E-state index in [1.807, 2.05) is 6.07 Å². The molecule has 5 heteroatoms. The first-order chi connectivity index (χ1) is 12.1. The lowest BCUT2D eigenvalue weighted by Gasteiger charge is -2.35. The first-order valence-electron chi connectivity index (χ1n) is 8.73. The van der Waals surface area contributed by atoms with Gasteiger partial charge in [0, 0.05) is 50.9 Å². The quantitative estimate of drug-likeness (QED) is 0.871. The Balaban J connectivity index is 1.44. The lowest BCUT2D eigenvalue weighted by Crippen LogP contribution is -2.48. The second kappa shape index (κ2) is 8.52. The SMILES string of the molecule is OC(CN1CCN(CCc2ccccc2)CC1)c1ccc(F)cc1F. The van der Waals surface area contributed by atoms with E-state index in [0.717, 1.165) is 45.2 Å². The molecule has 0 aromatic heterocycles. The summed E-state index contributed by atoms with van der Waals surface area (Å²) >= 11 is 0. The van der Waals surface area contributed by atoms with Crippen LogP contribution in [0.4, 0.5) is 8.78 Å². The standard InChI is InChI=1S/C20H24F2N2O/c21-17-6-7-18(19(22)14-17)20(25)15-24-12-10-23(11-13-24)9-8-16-4-2-1-3-5-16/h1-7,14,20,25H,8-13,15H2. The summed E-state index contributed by atoms with van der Waals surface area (Å²) < 4.78 is 26.7. The van der Waals surface area contributed by atoms with Crippen LogP contribution in [0, 0.1) is 11.6 Å². The molecule has 3 nitrogen and oxygen atoms in total. The number of aliphatic hydroxyl groups excluding tert-OH is 1. The highest BCUT2D eigenvalue weighted by Gasteiger charge is 2.21. The molecule has 0 radical (unpaired) electrons. The van der Waals surface area contributed by atoms with E-state index in [4.69, 9.17) is 0 Å². The van der Waals surface area contributed by atoms with Gasteiger partial charge in [-0.25, -0.2) is 8.78 Å². The maximum absolute atomic E-state index is 13.8. The molecule has 1 atom stereocenters. The molecular weight excluding hydrogens is 322 g/mol. The van der Waals surface area contributed by atoms with E-state index in [1.165, 1.54) is 17.7 Å². The molecule has 2 aromatic rings. The summed E-state index contributed by atoms with van der Waals surface area (Å²) in [6, 6.07) is 13.8. The van der Waals surface area contributed by atoms with Gasteiger partial charge in [-0.3, -0.25) is 4.90 Å². The normalized spacial score (nSPS) is 17.6. The summed E-state index contributed by atoms with van der Waals surface area (Å²) in [6.07, 6.45) is 0.0982. The van der Waals surface area contributed by atoms with Gasteiger partial charge in [0.15, 0.2) is 0 Å². The van der Waals surface area contributed by atoms with Gasteiger partial charge in [0.25, 0.3) is 0 Å². The molecule has 25 heavy (non-hydrogen) atoms. The molecule has 2 aromatic carbocycles. The Bertz CT molecular complexity index is 673. The fraction of sp³-hybridized carbons (Fsp3) is 0.400.